The summed E-state index contributed by atoms with van der Waals surface area (Å²) in [6.45, 7) is 6.28. The Kier molecular flexibility index (Phi) is 6.70. The van der Waals surface area contributed by atoms with E-state index in [4.69, 9.17) is 9.47 Å². The van der Waals surface area contributed by atoms with Crippen LogP contribution >= 0.6 is 11.3 Å². The summed E-state index contributed by atoms with van der Waals surface area (Å²) in [4.78, 5) is 29.1. The van der Waals surface area contributed by atoms with Crippen molar-refractivity contribution >= 4 is 39.1 Å². The summed E-state index contributed by atoms with van der Waals surface area (Å²) in [6, 6.07) is 17.7. The van der Waals surface area contributed by atoms with E-state index in [1.807, 2.05) is 49.4 Å². The lowest BCUT2D eigenvalue weighted by molar-refractivity contribution is -0.384. The molecule has 0 saturated heterocycles. The number of non-ortho nitro benzene ring substituents is 1. The summed E-state index contributed by atoms with van der Waals surface area (Å²) in [5.74, 6) is 1.07. The lowest BCUT2D eigenvalue weighted by Crippen LogP contribution is -2.22. The molecule has 0 spiro atoms. The van der Waals surface area contributed by atoms with E-state index in [9.17, 15) is 14.9 Å². The Bertz CT molecular complexity index is 1760. The Morgan fingerprint density at radius 2 is 1.97 bits per heavy atom. The second-order valence-electron chi connectivity index (χ2n) is 8.28. The summed E-state index contributed by atoms with van der Waals surface area (Å²) < 4.78 is 14.2. The summed E-state index contributed by atoms with van der Waals surface area (Å²) in [5, 5.41) is 11.1. The first-order valence-corrected chi connectivity index (χ1v) is 12.5. The molecule has 5 aromatic rings. The SMILES string of the molecule is C=CCc1cc(/C=c2\sc3nc4ccccc4n3c2=O)cc(OCC)c1OCc1cccc([N+](=O)[O-])c1. The Morgan fingerprint density at radius 1 is 1.14 bits per heavy atom. The normalized spacial score (nSPS) is 11.8. The van der Waals surface area contributed by atoms with Gasteiger partial charge in [0.2, 0.25) is 0 Å². The highest BCUT2D eigenvalue weighted by Crippen LogP contribution is 2.35. The molecule has 186 valence electrons. The number of rotatable bonds is 9. The largest absolute Gasteiger partial charge is 0.490 e. The fourth-order valence-electron chi connectivity index (χ4n) is 4.18. The number of hydrogen-bond acceptors (Lipinski definition) is 7. The zero-order valence-electron chi connectivity index (χ0n) is 20.0. The van der Waals surface area contributed by atoms with Gasteiger partial charge in [-0.2, -0.15) is 0 Å². The molecule has 0 radical (unpaired) electrons. The van der Waals surface area contributed by atoms with Gasteiger partial charge in [-0.15, -0.1) is 6.58 Å². The van der Waals surface area contributed by atoms with Gasteiger partial charge in [-0.05, 0) is 54.8 Å². The first-order chi connectivity index (χ1) is 18.0. The van der Waals surface area contributed by atoms with Crippen molar-refractivity contribution in [3.63, 3.8) is 0 Å². The molecule has 3 aromatic carbocycles. The minimum atomic E-state index is -0.433. The first kappa shape index (κ1) is 24.2. The topological polar surface area (TPSA) is 96.0 Å². The molecule has 9 heteroatoms. The van der Waals surface area contributed by atoms with Crippen LogP contribution in [0.2, 0.25) is 0 Å². The van der Waals surface area contributed by atoms with Crippen LogP contribution in [0.5, 0.6) is 11.5 Å². The van der Waals surface area contributed by atoms with Crippen LogP contribution in [0.4, 0.5) is 5.69 Å². The Labute approximate surface area is 215 Å². The number of nitrogens with zero attached hydrogens (tertiary/aromatic N) is 3. The third-order valence-corrected chi connectivity index (χ3v) is 6.73. The molecule has 2 heterocycles. The van der Waals surface area contributed by atoms with E-state index >= 15 is 0 Å². The van der Waals surface area contributed by atoms with Gasteiger partial charge in [0, 0.05) is 17.7 Å². The Hall–Kier alpha value is -4.50. The molecular formula is C28H23N3O5S. The van der Waals surface area contributed by atoms with Gasteiger partial charge in [0.05, 0.1) is 27.1 Å². The predicted molar refractivity (Wildman–Crippen MR) is 145 cm³/mol. The average molecular weight is 514 g/mol. The highest BCUT2D eigenvalue weighted by Gasteiger charge is 2.15. The molecule has 0 aliphatic carbocycles. The molecule has 2 aromatic heterocycles. The number of fused-ring (bicyclic) bond motifs is 3. The monoisotopic (exact) mass is 513 g/mol. The van der Waals surface area contributed by atoms with Crippen LogP contribution in [0.1, 0.15) is 23.6 Å². The maximum Gasteiger partial charge on any atom is 0.274 e. The fourth-order valence-corrected chi connectivity index (χ4v) is 5.17. The molecule has 0 N–H and O–H groups in total. The molecule has 5 rings (SSSR count). The van der Waals surface area contributed by atoms with Crippen molar-refractivity contribution in [2.75, 3.05) is 6.61 Å². The molecule has 0 fully saturated rings. The Balaban J connectivity index is 1.55. The van der Waals surface area contributed by atoms with Crippen LogP contribution in [0, 0.1) is 10.1 Å². The van der Waals surface area contributed by atoms with E-state index in [2.05, 4.69) is 11.6 Å². The molecule has 0 amide bonds. The molecule has 0 unspecified atom stereocenters. The number of hydrogen-bond donors (Lipinski definition) is 0. The van der Waals surface area contributed by atoms with Gasteiger partial charge in [0.25, 0.3) is 11.2 Å². The molecule has 37 heavy (non-hydrogen) atoms. The van der Waals surface area contributed by atoms with E-state index < -0.39 is 4.92 Å². The highest BCUT2D eigenvalue weighted by atomic mass is 32.1. The number of para-hydroxylation sites is 2. The lowest BCUT2D eigenvalue weighted by atomic mass is 10.1. The minimum absolute atomic E-state index is 0.00545. The van der Waals surface area contributed by atoms with E-state index in [1.54, 1.807) is 22.6 Å². The van der Waals surface area contributed by atoms with Crippen LogP contribution in [0.25, 0.3) is 22.1 Å². The smallest absolute Gasteiger partial charge is 0.274 e. The standard InChI is InChI=1S/C28H23N3O5S/c1-3-8-20-13-19(16-25-27(32)30-23-12-6-5-11-22(23)29-28(30)37-25)15-24(35-4-2)26(20)36-17-18-9-7-10-21(14-18)31(33)34/h3,5-7,9-16H,1,4,8,17H2,2H3/b25-16-. The van der Waals surface area contributed by atoms with Crippen molar-refractivity contribution in [2.45, 2.75) is 20.0 Å². The molecule has 0 bridgehead atoms. The van der Waals surface area contributed by atoms with Gasteiger partial charge in [0.1, 0.15) is 6.61 Å². The fraction of sp³-hybridized carbons (Fsp3) is 0.143. The van der Waals surface area contributed by atoms with Crippen molar-refractivity contribution in [2.24, 2.45) is 0 Å². The molecule has 8 nitrogen and oxygen atoms in total. The first-order valence-electron chi connectivity index (χ1n) is 11.7. The number of aromatic nitrogens is 2. The summed E-state index contributed by atoms with van der Waals surface area (Å²) in [7, 11) is 0. The number of benzene rings is 3. The predicted octanol–water partition coefficient (Wildman–Crippen LogP) is 5.07. The van der Waals surface area contributed by atoms with Crippen molar-refractivity contribution in [1.29, 1.82) is 0 Å². The van der Waals surface area contributed by atoms with E-state index in [0.29, 0.717) is 39.6 Å². The van der Waals surface area contributed by atoms with Gasteiger partial charge in [-0.1, -0.05) is 41.7 Å². The van der Waals surface area contributed by atoms with E-state index in [-0.39, 0.29) is 17.9 Å². The van der Waals surface area contributed by atoms with Crippen LogP contribution in [0.15, 0.2) is 78.1 Å². The molecular weight excluding hydrogens is 490 g/mol. The number of nitro benzene ring substituents is 1. The molecule has 0 atom stereocenters. The third-order valence-electron chi connectivity index (χ3n) is 5.77. The average Bonchev–Trinajstić information content (AvgIpc) is 3.40. The van der Waals surface area contributed by atoms with Gasteiger partial charge < -0.3 is 9.47 Å². The Morgan fingerprint density at radius 3 is 2.76 bits per heavy atom. The maximum atomic E-state index is 13.2. The lowest BCUT2D eigenvalue weighted by Gasteiger charge is -2.17. The van der Waals surface area contributed by atoms with Gasteiger partial charge in [0.15, 0.2) is 16.5 Å². The van der Waals surface area contributed by atoms with Crippen LogP contribution in [-0.4, -0.2) is 20.9 Å². The van der Waals surface area contributed by atoms with Crippen LogP contribution in [0.3, 0.4) is 0 Å². The van der Waals surface area contributed by atoms with Crippen molar-refractivity contribution in [3.05, 3.63) is 115 Å². The number of allylic oxidation sites excluding steroid dienone is 1. The summed E-state index contributed by atoms with van der Waals surface area (Å²) >= 11 is 1.33. The van der Waals surface area contributed by atoms with Gasteiger partial charge >= 0.3 is 0 Å². The van der Waals surface area contributed by atoms with Crippen LogP contribution < -0.4 is 19.6 Å². The van der Waals surface area contributed by atoms with Crippen molar-refractivity contribution < 1.29 is 14.4 Å². The minimum Gasteiger partial charge on any atom is -0.490 e. The molecule has 0 saturated carbocycles. The maximum absolute atomic E-state index is 13.2. The second-order valence-corrected chi connectivity index (χ2v) is 9.29. The quantitative estimate of drug-likeness (QED) is 0.155. The van der Waals surface area contributed by atoms with Gasteiger partial charge in [-0.25, -0.2) is 9.38 Å². The van der Waals surface area contributed by atoms with Crippen molar-refractivity contribution in [1.82, 2.24) is 9.38 Å². The molecule has 0 aliphatic heterocycles. The number of imidazole rings is 1. The third kappa shape index (κ3) is 4.81. The zero-order chi connectivity index (χ0) is 25.9. The van der Waals surface area contributed by atoms with E-state index in [0.717, 1.165) is 22.2 Å². The number of nitro groups is 1. The zero-order valence-corrected chi connectivity index (χ0v) is 20.9. The molecule has 0 aliphatic rings. The van der Waals surface area contributed by atoms with Gasteiger partial charge in [-0.3, -0.25) is 14.9 Å². The number of ether oxygens (including phenoxy) is 2. The number of thiazole rings is 1. The van der Waals surface area contributed by atoms with Crippen LogP contribution in [-0.2, 0) is 13.0 Å². The van der Waals surface area contributed by atoms with E-state index in [1.165, 1.54) is 23.5 Å². The highest BCUT2D eigenvalue weighted by molar-refractivity contribution is 7.15. The van der Waals surface area contributed by atoms with Crippen molar-refractivity contribution in [3.8, 4) is 11.5 Å². The summed E-state index contributed by atoms with van der Waals surface area (Å²) in [5.41, 5.74) is 3.74. The second kappa shape index (κ2) is 10.2. The summed E-state index contributed by atoms with van der Waals surface area (Å²) in [6.07, 6.45) is 4.10.